The Morgan fingerprint density at radius 3 is 2.08 bits per heavy atom. The van der Waals surface area contributed by atoms with Crippen LogP contribution in [0.1, 0.15) is 19.4 Å². The molecule has 0 spiro atoms. The van der Waals surface area contributed by atoms with Gasteiger partial charge in [-0.1, -0.05) is 30.3 Å². The van der Waals surface area contributed by atoms with Crippen LogP contribution in [0, 0.1) is 0 Å². The predicted octanol–water partition coefficient (Wildman–Crippen LogP) is 2.62. The molecule has 1 fully saturated rings. The Morgan fingerprint density at radius 1 is 1.17 bits per heavy atom. The zero-order valence-electron chi connectivity index (χ0n) is 7.17. The normalized spacial score (nSPS) is 31.6. The molecule has 12 heavy (non-hydrogen) atoms. The van der Waals surface area contributed by atoms with E-state index in [1.165, 1.54) is 0 Å². The van der Waals surface area contributed by atoms with E-state index in [-0.39, 0.29) is 0 Å². The van der Waals surface area contributed by atoms with Crippen LogP contribution in [0.4, 0.5) is 4.39 Å². The molecule has 1 aliphatic rings. The average Bonchev–Trinajstić information content (AvgIpc) is 2.55. The van der Waals surface area contributed by atoms with E-state index in [0.717, 1.165) is 0 Å². The quantitative estimate of drug-likeness (QED) is 0.584. The van der Waals surface area contributed by atoms with Crippen LogP contribution < -0.4 is 0 Å². The van der Waals surface area contributed by atoms with Gasteiger partial charge in [0.15, 0.2) is 0 Å². The van der Waals surface area contributed by atoms with Crippen molar-refractivity contribution in [1.29, 1.82) is 0 Å². The average molecular weight is 166 g/mol. The second-order valence-electron chi connectivity index (χ2n) is 3.57. The maximum absolute atomic E-state index is 13.8. The highest BCUT2D eigenvalue weighted by Crippen LogP contribution is 2.56. The Bertz CT molecular complexity index is 294. The first kappa shape index (κ1) is 7.74. The zero-order valence-corrected chi connectivity index (χ0v) is 7.17. The molecule has 64 valence electrons. The Hall–Kier alpha value is -0.890. The van der Waals surface area contributed by atoms with E-state index >= 15 is 0 Å². The van der Waals surface area contributed by atoms with E-state index in [4.69, 9.17) is 4.74 Å². The maximum atomic E-state index is 13.8. The van der Waals surface area contributed by atoms with Gasteiger partial charge in [0, 0.05) is 5.56 Å². The van der Waals surface area contributed by atoms with E-state index in [1.54, 1.807) is 26.0 Å². The summed E-state index contributed by atoms with van der Waals surface area (Å²) in [4.78, 5) is 0. The topological polar surface area (TPSA) is 12.5 Å². The first-order valence-electron chi connectivity index (χ1n) is 4.01. The van der Waals surface area contributed by atoms with E-state index in [1.807, 2.05) is 18.2 Å². The number of rotatable bonds is 1. The first-order valence-corrected chi connectivity index (χ1v) is 4.01. The summed E-state index contributed by atoms with van der Waals surface area (Å²) in [5.74, 6) is -1.56. The van der Waals surface area contributed by atoms with Crippen LogP contribution >= 0.6 is 0 Å². The number of halogens is 1. The molecule has 1 atom stereocenters. The summed E-state index contributed by atoms with van der Waals surface area (Å²) in [7, 11) is 0. The number of epoxide rings is 1. The van der Waals surface area contributed by atoms with Gasteiger partial charge in [-0.15, -0.1) is 0 Å². The van der Waals surface area contributed by atoms with Gasteiger partial charge in [0.25, 0.3) is 5.85 Å². The number of hydrogen-bond donors (Lipinski definition) is 0. The molecule has 0 N–H and O–H groups in total. The van der Waals surface area contributed by atoms with Crippen LogP contribution in [0.5, 0.6) is 0 Å². The summed E-state index contributed by atoms with van der Waals surface area (Å²) in [6.07, 6.45) is 0. The van der Waals surface area contributed by atoms with Crippen molar-refractivity contribution in [3.8, 4) is 0 Å². The summed E-state index contributed by atoms with van der Waals surface area (Å²) >= 11 is 0. The molecule has 1 aliphatic heterocycles. The molecule has 0 radical (unpaired) electrons. The van der Waals surface area contributed by atoms with Crippen molar-refractivity contribution < 1.29 is 9.13 Å². The van der Waals surface area contributed by atoms with Gasteiger partial charge in [-0.05, 0) is 13.8 Å². The Labute approximate surface area is 71.2 Å². The molecule has 2 heteroatoms. The fraction of sp³-hybridized carbons (Fsp3) is 0.400. The van der Waals surface area contributed by atoms with Crippen molar-refractivity contribution in [3.05, 3.63) is 35.9 Å². The van der Waals surface area contributed by atoms with Crippen molar-refractivity contribution in [2.24, 2.45) is 0 Å². The van der Waals surface area contributed by atoms with Crippen LogP contribution in [-0.4, -0.2) is 5.60 Å². The Morgan fingerprint density at radius 2 is 1.67 bits per heavy atom. The SMILES string of the molecule is CC1(C)OC1(F)c1ccccc1. The fourth-order valence-electron chi connectivity index (χ4n) is 1.39. The first-order chi connectivity index (χ1) is 5.56. The van der Waals surface area contributed by atoms with Gasteiger partial charge in [-0.2, -0.15) is 0 Å². The van der Waals surface area contributed by atoms with E-state index in [2.05, 4.69) is 0 Å². The number of benzene rings is 1. The van der Waals surface area contributed by atoms with Gasteiger partial charge < -0.3 is 4.74 Å². The number of alkyl halides is 1. The fourth-order valence-corrected chi connectivity index (χ4v) is 1.39. The highest BCUT2D eigenvalue weighted by Gasteiger charge is 2.66. The maximum Gasteiger partial charge on any atom is 0.265 e. The molecule has 0 saturated carbocycles. The molecule has 1 saturated heterocycles. The Kier molecular flexibility index (Phi) is 1.34. The third-order valence-corrected chi connectivity index (χ3v) is 2.27. The molecule has 1 unspecified atom stereocenters. The van der Waals surface area contributed by atoms with Crippen molar-refractivity contribution in [2.45, 2.75) is 25.3 Å². The number of hydrogen-bond acceptors (Lipinski definition) is 1. The highest BCUT2D eigenvalue weighted by atomic mass is 19.2. The van der Waals surface area contributed by atoms with Crippen LogP contribution in [-0.2, 0) is 10.6 Å². The molecular formula is C10H11FO. The molecular weight excluding hydrogens is 155 g/mol. The largest absolute Gasteiger partial charge is 0.327 e. The van der Waals surface area contributed by atoms with Crippen LogP contribution in [0.3, 0.4) is 0 Å². The molecule has 0 bridgehead atoms. The number of ether oxygens (including phenoxy) is 1. The summed E-state index contributed by atoms with van der Waals surface area (Å²) in [5.41, 5.74) is -0.0519. The van der Waals surface area contributed by atoms with E-state index < -0.39 is 11.5 Å². The van der Waals surface area contributed by atoms with Crippen molar-refractivity contribution >= 4 is 0 Å². The van der Waals surface area contributed by atoms with Crippen molar-refractivity contribution in [1.82, 2.24) is 0 Å². The minimum atomic E-state index is -1.56. The summed E-state index contributed by atoms with van der Waals surface area (Å²) in [5, 5.41) is 0. The van der Waals surface area contributed by atoms with Crippen LogP contribution in [0.2, 0.25) is 0 Å². The van der Waals surface area contributed by atoms with Crippen LogP contribution in [0.25, 0.3) is 0 Å². The smallest absolute Gasteiger partial charge is 0.265 e. The summed E-state index contributed by atoms with van der Waals surface area (Å²) in [6, 6.07) is 8.98. The predicted molar refractivity (Wildman–Crippen MR) is 44.4 cm³/mol. The lowest BCUT2D eigenvalue weighted by Crippen LogP contribution is -2.11. The second-order valence-corrected chi connectivity index (χ2v) is 3.57. The van der Waals surface area contributed by atoms with Crippen LogP contribution in [0.15, 0.2) is 30.3 Å². The van der Waals surface area contributed by atoms with E-state index in [0.29, 0.717) is 5.56 Å². The zero-order chi connectivity index (χ0) is 8.82. The highest BCUT2D eigenvalue weighted by molar-refractivity contribution is 5.28. The third-order valence-electron chi connectivity index (χ3n) is 2.27. The van der Waals surface area contributed by atoms with Gasteiger partial charge in [0.2, 0.25) is 0 Å². The third kappa shape index (κ3) is 0.879. The molecule has 1 nitrogen and oxygen atoms in total. The lowest BCUT2D eigenvalue weighted by atomic mass is 10.0. The van der Waals surface area contributed by atoms with Gasteiger partial charge in [0.1, 0.15) is 5.60 Å². The molecule has 1 aromatic carbocycles. The van der Waals surface area contributed by atoms with Gasteiger partial charge in [-0.25, -0.2) is 4.39 Å². The molecule has 0 amide bonds. The molecule has 0 aliphatic carbocycles. The van der Waals surface area contributed by atoms with Gasteiger partial charge in [0.05, 0.1) is 0 Å². The minimum absolute atomic E-state index is 0.606. The lowest BCUT2D eigenvalue weighted by molar-refractivity contribution is 0.140. The Balaban J connectivity index is 2.35. The minimum Gasteiger partial charge on any atom is -0.327 e. The van der Waals surface area contributed by atoms with Crippen molar-refractivity contribution in [3.63, 3.8) is 0 Å². The summed E-state index contributed by atoms with van der Waals surface area (Å²) < 4.78 is 18.8. The lowest BCUT2D eigenvalue weighted by Gasteiger charge is -2.03. The van der Waals surface area contributed by atoms with Gasteiger partial charge in [-0.3, -0.25) is 0 Å². The standard InChI is InChI=1S/C10H11FO/c1-9(2)10(11,12-9)8-6-4-3-5-7-8/h3-7H,1-2H3. The molecule has 1 aromatic rings. The van der Waals surface area contributed by atoms with Crippen molar-refractivity contribution in [2.75, 3.05) is 0 Å². The van der Waals surface area contributed by atoms with Gasteiger partial charge >= 0.3 is 0 Å². The monoisotopic (exact) mass is 166 g/mol. The molecule has 2 rings (SSSR count). The van der Waals surface area contributed by atoms with E-state index in [9.17, 15) is 4.39 Å². The molecule has 1 heterocycles. The molecule has 0 aromatic heterocycles. The summed E-state index contributed by atoms with van der Waals surface area (Å²) in [6.45, 7) is 3.50. The second kappa shape index (κ2) is 2.07.